The smallest absolute Gasteiger partial charge is 0.244 e. The highest BCUT2D eigenvalue weighted by Crippen LogP contribution is 2.23. The Morgan fingerprint density at radius 3 is 2.16 bits per heavy atom. The molecule has 0 bridgehead atoms. The van der Waals surface area contributed by atoms with E-state index in [1.165, 1.54) is 18.3 Å². The number of hydrogen-bond donors (Lipinski definition) is 1. The second-order valence-electron chi connectivity index (χ2n) is 9.45. The molecule has 0 radical (unpaired) electrons. The van der Waals surface area contributed by atoms with Crippen molar-refractivity contribution in [3.63, 3.8) is 0 Å². The maximum atomic E-state index is 13.4. The summed E-state index contributed by atoms with van der Waals surface area (Å²) >= 11 is 0. The number of hydrogen-bond acceptors (Lipinski definition) is 6. The molecule has 3 rings (SSSR count). The van der Waals surface area contributed by atoms with E-state index in [4.69, 9.17) is 9.84 Å². The number of allylic oxidation sites excluding steroid dienone is 2. The fraction of sp³-hybridized carbons (Fsp3) is 0.412. The SMILES string of the molecule is C=CN=C(C)/C=C(\C)OCCO.CC.CCCN(CCC)C(=O)Cn1nc(-c2ccc(C)cc2)nc1-c1ccc(F)cc1. The summed E-state index contributed by atoms with van der Waals surface area (Å²) in [6, 6.07) is 14.0. The van der Waals surface area contributed by atoms with Crippen LogP contribution in [-0.4, -0.2) is 62.7 Å². The summed E-state index contributed by atoms with van der Waals surface area (Å²) in [5.74, 6) is 1.55. The molecule has 1 N–H and O–H groups in total. The van der Waals surface area contributed by atoms with E-state index in [0.29, 0.717) is 18.3 Å². The molecule has 0 fully saturated rings. The van der Waals surface area contributed by atoms with Gasteiger partial charge in [0.25, 0.3) is 0 Å². The van der Waals surface area contributed by atoms with Crippen LogP contribution in [0, 0.1) is 12.7 Å². The van der Waals surface area contributed by atoms with E-state index < -0.39 is 0 Å². The molecule has 0 unspecified atom stereocenters. The van der Waals surface area contributed by atoms with Crippen molar-refractivity contribution in [3.05, 3.63) is 84.5 Å². The molecule has 8 nitrogen and oxygen atoms in total. The lowest BCUT2D eigenvalue weighted by Crippen LogP contribution is -2.35. The van der Waals surface area contributed by atoms with Crippen LogP contribution in [0.2, 0.25) is 0 Å². The number of benzene rings is 2. The summed E-state index contributed by atoms with van der Waals surface area (Å²) in [5, 5.41) is 13.1. The maximum Gasteiger partial charge on any atom is 0.244 e. The first-order chi connectivity index (χ1) is 20.7. The zero-order chi connectivity index (χ0) is 32.2. The molecule has 1 heterocycles. The molecule has 234 valence electrons. The summed E-state index contributed by atoms with van der Waals surface area (Å²) in [6.45, 7) is 19.2. The number of amides is 1. The number of carbonyl (C=O) groups excluding carboxylic acids is 1. The second kappa shape index (κ2) is 20.7. The molecule has 0 aliphatic rings. The van der Waals surface area contributed by atoms with Crippen LogP contribution in [-0.2, 0) is 16.1 Å². The third kappa shape index (κ3) is 13.2. The number of aliphatic hydroxyl groups excluding tert-OH is 1. The van der Waals surface area contributed by atoms with Gasteiger partial charge in [-0.1, -0.05) is 64.1 Å². The summed E-state index contributed by atoms with van der Waals surface area (Å²) in [7, 11) is 0. The molecule has 0 aliphatic carbocycles. The topological polar surface area (TPSA) is 92.8 Å². The predicted molar refractivity (Wildman–Crippen MR) is 174 cm³/mol. The molecule has 0 atom stereocenters. The zero-order valence-electron chi connectivity index (χ0n) is 26.8. The van der Waals surface area contributed by atoms with Gasteiger partial charge in [0.15, 0.2) is 11.6 Å². The van der Waals surface area contributed by atoms with E-state index in [1.54, 1.807) is 22.9 Å². The van der Waals surface area contributed by atoms with Crippen molar-refractivity contribution in [2.45, 2.75) is 67.9 Å². The minimum Gasteiger partial charge on any atom is -0.496 e. The second-order valence-corrected chi connectivity index (χ2v) is 9.45. The monoisotopic (exact) mass is 593 g/mol. The molecule has 0 saturated carbocycles. The first-order valence-corrected chi connectivity index (χ1v) is 14.8. The Labute approximate surface area is 256 Å². The lowest BCUT2D eigenvalue weighted by Gasteiger charge is -2.21. The van der Waals surface area contributed by atoms with E-state index in [9.17, 15) is 9.18 Å². The Balaban J connectivity index is 0.000000558. The molecule has 2 aromatic carbocycles. The van der Waals surface area contributed by atoms with Crippen LogP contribution in [0.5, 0.6) is 0 Å². The highest BCUT2D eigenvalue weighted by molar-refractivity contribution is 5.93. The Hall–Kier alpha value is -4.11. The van der Waals surface area contributed by atoms with Crippen LogP contribution < -0.4 is 0 Å². The quantitative estimate of drug-likeness (QED) is 0.167. The van der Waals surface area contributed by atoms with Crippen molar-refractivity contribution in [1.29, 1.82) is 0 Å². The number of aliphatic hydroxyl groups is 1. The fourth-order valence-corrected chi connectivity index (χ4v) is 3.94. The van der Waals surface area contributed by atoms with Crippen LogP contribution in [0.15, 0.2) is 78.1 Å². The first-order valence-electron chi connectivity index (χ1n) is 14.8. The Morgan fingerprint density at radius 1 is 1.05 bits per heavy atom. The Bertz CT molecular complexity index is 1290. The molecule has 1 aromatic heterocycles. The van der Waals surface area contributed by atoms with Gasteiger partial charge in [-0.05, 0) is 64.0 Å². The molecule has 0 saturated heterocycles. The van der Waals surface area contributed by atoms with Gasteiger partial charge >= 0.3 is 0 Å². The van der Waals surface area contributed by atoms with Crippen LogP contribution in [0.3, 0.4) is 0 Å². The minimum atomic E-state index is -0.313. The van der Waals surface area contributed by atoms with Crippen molar-refractivity contribution < 1.29 is 19.0 Å². The van der Waals surface area contributed by atoms with Gasteiger partial charge < -0.3 is 14.7 Å². The number of nitrogens with zero attached hydrogens (tertiary/aromatic N) is 5. The molecular formula is C34H48FN5O3. The minimum absolute atomic E-state index is 0.0115. The number of aromatic nitrogens is 3. The number of carbonyl (C=O) groups is 1. The van der Waals surface area contributed by atoms with E-state index >= 15 is 0 Å². The van der Waals surface area contributed by atoms with Gasteiger partial charge in [0.2, 0.25) is 5.91 Å². The van der Waals surface area contributed by atoms with Crippen LogP contribution in [0.4, 0.5) is 4.39 Å². The normalized spacial score (nSPS) is 11.1. The van der Waals surface area contributed by atoms with Gasteiger partial charge in [-0.15, -0.1) is 5.10 Å². The van der Waals surface area contributed by atoms with Crippen molar-refractivity contribution >= 4 is 11.6 Å². The number of aryl methyl sites for hydroxylation is 1. The summed E-state index contributed by atoms with van der Waals surface area (Å²) in [4.78, 5) is 23.4. The number of rotatable bonds is 13. The van der Waals surface area contributed by atoms with E-state index in [2.05, 4.69) is 35.5 Å². The predicted octanol–water partition coefficient (Wildman–Crippen LogP) is 7.24. The largest absolute Gasteiger partial charge is 0.496 e. The molecule has 0 spiro atoms. The Kier molecular flexibility index (Phi) is 17.8. The van der Waals surface area contributed by atoms with Crippen LogP contribution in [0.25, 0.3) is 22.8 Å². The molecule has 43 heavy (non-hydrogen) atoms. The molecule has 3 aromatic rings. The van der Waals surface area contributed by atoms with Gasteiger partial charge in [-0.3, -0.25) is 9.79 Å². The highest BCUT2D eigenvalue weighted by Gasteiger charge is 2.19. The van der Waals surface area contributed by atoms with Gasteiger partial charge in [-0.2, -0.15) is 0 Å². The number of aliphatic imine (C=N–C) groups is 1. The third-order valence-electron chi connectivity index (χ3n) is 5.84. The summed E-state index contributed by atoms with van der Waals surface area (Å²) < 4.78 is 20.1. The lowest BCUT2D eigenvalue weighted by atomic mass is 10.1. The zero-order valence-corrected chi connectivity index (χ0v) is 26.8. The highest BCUT2D eigenvalue weighted by atomic mass is 19.1. The first kappa shape index (κ1) is 36.9. The lowest BCUT2D eigenvalue weighted by molar-refractivity contribution is -0.132. The fourth-order valence-electron chi connectivity index (χ4n) is 3.94. The molecule has 9 heteroatoms. The average molecular weight is 594 g/mol. The van der Waals surface area contributed by atoms with Crippen LogP contribution in [0.1, 0.15) is 59.9 Å². The molecule has 0 aliphatic heterocycles. The van der Waals surface area contributed by atoms with Gasteiger partial charge in [0, 0.05) is 36.1 Å². The Morgan fingerprint density at radius 2 is 1.63 bits per heavy atom. The van der Waals surface area contributed by atoms with Crippen molar-refractivity contribution in [2.75, 3.05) is 26.3 Å². The summed E-state index contributed by atoms with van der Waals surface area (Å²) in [6.07, 6.45) is 5.08. The standard InChI is InChI=1S/C23H27FN4O.C9H15NO2.C2H6/c1-4-14-27(15-5-2)21(29)16-28-23(19-10-12-20(24)13-11-19)25-22(26-28)18-8-6-17(3)7-9-18;1-4-10-8(2)7-9(3)12-6-5-11;1-2/h6-13H,4-5,14-16H2,1-3H3;4,7,11H,1,5-6H2,2-3H3;1-2H3/b;9-7+,10-8?;. The van der Waals surface area contributed by atoms with E-state index in [1.807, 2.05) is 63.8 Å². The van der Waals surface area contributed by atoms with Gasteiger partial charge in [0.05, 0.1) is 12.4 Å². The van der Waals surface area contributed by atoms with Crippen LogP contribution >= 0.6 is 0 Å². The number of ether oxygens (including phenoxy) is 1. The maximum absolute atomic E-state index is 13.4. The van der Waals surface area contributed by atoms with Gasteiger partial charge in [0.1, 0.15) is 19.0 Å². The van der Waals surface area contributed by atoms with E-state index in [0.717, 1.165) is 54.1 Å². The molecule has 1 amide bonds. The third-order valence-corrected chi connectivity index (χ3v) is 5.84. The van der Waals surface area contributed by atoms with Crippen molar-refractivity contribution in [2.24, 2.45) is 4.99 Å². The molecular weight excluding hydrogens is 545 g/mol. The van der Waals surface area contributed by atoms with Gasteiger partial charge in [-0.25, -0.2) is 14.1 Å². The van der Waals surface area contributed by atoms with Crippen molar-refractivity contribution in [1.82, 2.24) is 19.7 Å². The average Bonchev–Trinajstić information content (AvgIpc) is 3.41. The van der Waals surface area contributed by atoms with Crippen molar-refractivity contribution in [3.8, 4) is 22.8 Å². The van der Waals surface area contributed by atoms with E-state index in [-0.39, 0.29) is 24.9 Å². The summed E-state index contributed by atoms with van der Waals surface area (Å²) in [5.41, 5.74) is 3.59. The number of halogens is 1.